The zero-order valence-corrected chi connectivity index (χ0v) is 9.45. The molecule has 0 heterocycles. The van der Waals surface area contributed by atoms with Crippen LogP contribution in [0.15, 0.2) is 18.2 Å². The maximum Gasteiger partial charge on any atom is 0.169 e. The lowest BCUT2D eigenvalue weighted by Crippen LogP contribution is -2.03. The van der Waals surface area contributed by atoms with E-state index in [1.807, 2.05) is 6.92 Å². The third-order valence-electron chi connectivity index (χ3n) is 1.65. The Morgan fingerprint density at radius 3 is 2.60 bits per heavy atom. The number of carbonyl (C=O) groups is 1. The minimum absolute atomic E-state index is 0.443. The molecule has 0 bridgehead atoms. The van der Waals surface area contributed by atoms with E-state index in [-0.39, 0.29) is 0 Å². The number of carbonyl (C=O) groups excluding carboxylic acids is 1. The number of rotatable bonds is 5. The molecular formula is C11H13ClO3. The molecule has 1 aromatic rings. The van der Waals surface area contributed by atoms with E-state index in [1.165, 1.54) is 0 Å². The molecule has 0 aliphatic heterocycles. The van der Waals surface area contributed by atoms with Crippen LogP contribution in [0.4, 0.5) is 0 Å². The van der Waals surface area contributed by atoms with Crippen LogP contribution in [0.25, 0.3) is 0 Å². The van der Waals surface area contributed by atoms with Gasteiger partial charge < -0.3 is 9.47 Å². The van der Waals surface area contributed by atoms with Crippen molar-refractivity contribution in [2.24, 2.45) is 0 Å². The summed E-state index contributed by atoms with van der Waals surface area (Å²) in [6.07, 6.45) is 0.744. The third-order valence-corrected chi connectivity index (χ3v) is 1.74. The number of benzene rings is 1. The Bertz CT molecular complexity index is 337. The highest BCUT2D eigenvalue weighted by Gasteiger charge is 2.04. The van der Waals surface area contributed by atoms with Crippen molar-refractivity contribution in [2.75, 3.05) is 6.61 Å². The van der Waals surface area contributed by atoms with Gasteiger partial charge in [-0.2, -0.15) is 0 Å². The van der Waals surface area contributed by atoms with Crippen LogP contribution >= 0.6 is 11.6 Å². The smallest absolute Gasteiger partial charge is 0.169 e. The summed E-state index contributed by atoms with van der Waals surface area (Å²) in [4.78, 5) is 10.7. The van der Waals surface area contributed by atoms with Gasteiger partial charge in [-0.3, -0.25) is 4.79 Å². The van der Waals surface area contributed by atoms with Crippen molar-refractivity contribution >= 4 is 17.9 Å². The summed E-state index contributed by atoms with van der Waals surface area (Å²) >= 11 is 5.69. The van der Waals surface area contributed by atoms with Crippen LogP contribution in [0.1, 0.15) is 24.2 Å². The summed E-state index contributed by atoms with van der Waals surface area (Å²) in [5.74, 6) is 1.14. The number of hydrogen-bond acceptors (Lipinski definition) is 3. The Morgan fingerprint density at radius 1 is 1.40 bits per heavy atom. The fourth-order valence-corrected chi connectivity index (χ4v) is 1.27. The second-order valence-electron chi connectivity index (χ2n) is 2.95. The first kappa shape index (κ1) is 11.9. The molecule has 15 heavy (non-hydrogen) atoms. The van der Waals surface area contributed by atoms with E-state index >= 15 is 0 Å². The molecule has 4 heteroatoms. The lowest BCUT2D eigenvalue weighted by Gasteiger charge is -2.10. The van der Waals surface area contributed by atoms with Gasteiger partial charge in [0.2, 0.25) is 0 Å². The Kier molecular flexibility index (Phi) is 4.43. The second-order valence-corrected chi connectivity index (χ2v) is 3.56. The second kappa shape index (κ2) is 5.61. The normalized spacial score (nSPS) is 11.9. The first-order valence-corrected chi connectivity index (χ1v) is 5.13. The summed E-state index contributed by atoms with van der Waals surface area (Å²) in [5, 5.41) is 0. The first-order valence-electron chi connectivity index (χ1n) is 4.69. The standard InChI is InChI=1S/C11H13ClO3/c1-3-14-10-4-9(7-13)5-11(6-10)15-8(2)12/h4-8H,3H2,1-2H3. The van der Waals surface area contributed by atoms with Gasteiger partial charge in [0.25, 0.3) is 0 Å². The fraction of sp³-hybridized carbons (Fsp3) is 0.364. The summed E-state index contributed by atoms with van der Waals surface area (Å²) in [7, 11) is 0. The topological polar surface area (TPSA) is 35.5 Å². The van der Waals surface area contributed by atoms with Crippen LogP contribution in [0, 0.1) is 0 Å². The molecule has 0 fully saturated rings. The van der Waals surface area contributed by atoms with Crippen LogP contribution in [0.3, 0.4) is 0 Å². The lowest BCUT2D eigenvalue weighted by molar-refractivity contribution is 0.112. The average molecular weight is 229 g/mol. The van der Waals surface area contributed by atoms with Crippen LogP contribution in [0.5, 0.6) is 11.5 Å². The number of halogens is 1. The molecular weight excluding hydrogens is 216 g/mol. The van der Waals surface area contributed by atoms with Crippen molar-refractivity contribution in [3.8, 4) is 11.5 Å². The average Bonchev–Trinajstić information content (AvgIpc) is 2.16. The molecule has 1 rings (SSSR count). The van der Waals surface area contributed by atoms with Gasteiger partial charge in [0.15, 0.2) is 5.56 Å². The number of ether oxygens (including phenoxy) is 2. The quantitative estimate of drug-likeness (QED) is 0.574. The van der Waals surface area contributed by atoms with Gasteiger partial charge in [-0.1, -0.05) is 11.6 Å². The highest BCUT2D eigenvalue weighted by molar-refractivity contribution is 6.19. The van der Waals surface area contributed by atoms with Crippen molar-refractivity contribution in [3.05, 3.63) is 23.8 Å². The van der Waals surface area contributed by atoms with Gasteiger partial charge >= 0.3 is 0 Å². The molecule has 0 N–H and O–H groups in total. The Labute approximate surface area is 93.9 Å². The van der Waals surface area contributed by atoms with Crippen molar-refractivity contribution < 1.29 is 14.3 Å². The fourth-order valence-electron chi connectivity index (χ4n) is 1.17. The summed E-state index contributed by atoms with van der Waals surface area (Å²) in [5.41, 5.74) is 0.0645. The summed E-state index contributed by atoms with van der Waals surface area (Å²) < 4.78 is 10.6. The van der Waals surface area contributed by atoms with Crippen molar-refractivity contribution in [1.29, 1.82) is 0 Å². The van der Waals surface area contributed by atoms with Gasteiger partial charge in [0.05, 0.1) is 6.61 Å². The van der Waals surface area contributed by atoms with Gasteiger partial charge in [0, 0.05) is 11.6 Å². The van der Waals surface area contributed by atoms with E-state index in [0.29, 0.717) is 23.7 Å². The summed E-state index contributed by atoms with van der Waals surface area (Å²) in [6, 6.07) is 4.98. The van der Waals surface area contributed by atoms with Gasteiger partial charge in [-0.05, 0) is 26.0 Å². The minimum atomic E-state index is -0.443. The van der Waals surface area contributed by atoms with E-state index in [1.54, 1.807) is 25.1 Å². The Hall–Kier alpha value is -1.22. The molecule has 0 spiro atoms. The number of hydrogen-bond donors (Lipinski definition) is 0. The monoisotopic (exact) mass is 228 g/mol. The molecule has 0 saturated carbocycles. The molecule has 1 unspecified atom stereocenters. The molecule has 0 radical (unpaired) electrons. The van der Waals surface area contributed by atoms with Crippen molar-refractivity contribution in [2.45, 2.75) is 19.4 Å². The predicted molar refractivity (Wildman–Crippen MR) is 58.9 cm³/mol. The third kappa shape index (κ3) is 3.80. The zero-order valence-electron chi connectivity index (χ0n) is 8.70. The lowest BCUT2D eigenvalue weighted by atomic mass is 10.2. The maximum absolute atomic E-state index is 10.7. The van der Waals surface area contributed by atoms with Crippen LogP contribution in [-0.4, -0.2) is 18.5 Å². The Morgan fingerprint density at radius 2 is 2.07 bits per heavy atom. The van der Waals surface area contributed by atoms with E-state index < -0.39 is 5.56 Å². The van der Waals surface area contributed by atoms with E-state index in [0.717, 1.165) is 6.29 Å². The first-order chi connectivity index (χ1) is 7.15. The highest BCUT2D eigenvalue weighted by atomic mass is 35.5. The SMILES string of the molecule is CCOc1cc(C=O)cc(OC(C)Cl)c1. The predicted octanol–water partition coefficient (Wildman–Crippen LogP) is 2.86. The number of aldehydes is 1. The van der Waals surface area contributed by atoms with Crippen LogP contribution in [0.2, 0.25) is 0 Å². The van der Waals surface area contributed by atoms with Crippen LogP contribution in [-0.2, 0) is 0 Å². The summed E-state index contributed by atoms with van der Waals surface area (Å²) in [6.45, 7) is 4.12. The molecule has 0 aliphatic rings. The van der Waals surface area contributed by atoms with E-state index in [9.17, 15) is 4.79 Å². The zero-order chi connectivity index (χ0) is 11.3. The Balaban J connectivity index is 2.94. The molecule has 3 nitrogen and oxygen atoms in total. The minimum Gasteiger partial charge on any atom is -0.494 e. The van der Waals surface area contributed by atoms with Crippen molar-refractivity contribution in [1.82, 2.24) is 0 Å². The van der Waals surface area contributed by atoms with Gasteiger partial charge in [-0.25, -0.2) is 0 Å². The van der Waals surface area contributed by atoms with Gasteiger partial charge in [-0.15, -0.1) is 0 Å². The molecule has 1 aromatic carbocycles. The highest BCUT2D eigenvalue weighted by Crippen LogP contribution is 2.23. The molecule has 0 aliphatic carbocycles. The number of alkyl halides is 1. The largest absolute Gasteiger partial charge is 0.494 e. The van der Waals surface area contributed by atoms with Crippen LogP contribution < -0.4 is 9.47 Å². The van der Waals surface area contributed by atoms with Crippen molar-refractivity contribution in [3.63, 3.8) is 0 Å². The molecule has 82 valence electrons. The maximum atomic E-state index is 10.7. The molecule has 1 atom stereocenters. The van der Waals surface area contributed by atoms with E-state index in [4.69, 9.17) is 21.1 Å². The van der Waals surface area contributed by atoms with E-state index in [2.05, 4.69) is 0 Å². The molecule has 0 saturated heterocycles. The molecule has 0 amide bonds. The van der Waals surface area contributed by atoms with Gasteiger partial charge in [0.1, 0.15) is 17.8 Å². The molecule has 0 aromatic heterocycles.